The highest BCUT2D eigenvalue weighted by Gasteiger charge is 2.07. The van der Waals surface area contributed by atoms with Crippen molar-refractivity contribution >= 4 is 10.8 Å². The number of benzene rings is 2. The van der Waals surface area contributed by atoms with Crippen molar-refractivity contribution in [3.05, 3.63) is 60.2 Å². The third-order valence-corrected chi connectivity index (χ3v) is 3.24. The Morgan fingerprint density at radius 1 is 1.20 bits per heavy atom. The molecule has 0 fully saturated rings. The van der Waals surface area contributed by atoms with E-state index in [-0.39, 0.29) is 0 Å². The van der Waals surface area contributed by atoms with Crippen molar-refractivity contribution in [1.82, 2.24) is 5.32 Å². The number of allylic oxidation sites excluding steroid dienone is 1. The number of rotatable bonds is 4. The Hall–Kier alpha value is -2.08. The number of hydrogen-bond donors (Lipinski definition) is 2. The maximum atomic E-state index is 5.30. The summed E-state index contributed by atoms with van der Waals surface area (Å²) in [5.41, 5.74) is 6.62. The van der Waals surface area contributed by atoms with Gasteiger partial charge in [0.25, 0.3) is 0 Å². The summed E-state index contributed by atoms with van der Waals surface area (Å²) in [6.45, 7) is 3.38. The van der Waals surface area contributed by atoms with Crippen LogP contribution in [0.1, 0.15) is 18.5 Å². The van der Waals surface area contributed by atoms with Gasteiger partial charge in [-0.15, -0.1) is 0 Å². The van der Waals surface area contributed by atoms with Crippen LogP contribution in [0.25, 0.3) is 10.8 Å². The van der Waals surface area contributed by atoms with Crippen LogP contribution in [-0.2, 0) is 0 Å². The second kappa shape index (κ2) is 7.49. The second-order valence-corrected chi connectivity index (χ2v) is 4.63. The molecule has 2 nitrogen and oxygen atoms in total. The SMILES string of the molecule is CC(NCC=CC#CCN)c1cccc2ccccc12. The first kappa shape index (κ1) is 14.3. The Kier molecular flexibility index (Phi) is 5.37. The Morgan fingerprint density at radius 2 is 2.00 bits per heavy atom. The molecular weight excluding hydrogens is 244 g/mol. The lowest BCUT2D eigenvalue weighted by molar-refractivity contribution is 0.621. The van der Waals surface area contributed by atoms with E-state index >= 15 is 0 Å². The van der Waals surface area contributed by atoms with Crippen LogP contribution in [0.5, 0.6) is 0 Å². The smallest absolute Gasteiger partial charge is 0.0554 e. The lowest BCUT2D eigenvalue weighted by atomic mass is 10.00. The summed E-state index contributed by atoms with van der Waals surface area (Å²) in [6, 6.07) is 15.2. The molecule has 0 bridgehead atoms. The Labute approximate surface area is 120 Å². The quantitative estimate of drug-likeness (QED) is 0.833. The molecule has 0 aliphatic rings. The minimum atomic E-state index is 0.299. The molecule has 102 valence electrons. The summed E-state index contributed by atoms with van der Waals surface area (Å²) >= 11 is 0. The van der Waals surface area contributed by atoms with Gasteiger partial charge >= 0.3 is 0 Å². The minimum Gasteiger partial charge on any atom is -0.320 e. The molecule has 3 N–H and O–H groups in total. The fourth-order valence-corrected chi connectivity index (χ4v) is 2.22. The topological polar surface area (TPSA) is 38.0 Å². The van der Waals surface area contributed by atoms with Crippen LogP contribution >= 0.6 is 0 Å². The molecule has 0 spiro atoms. The molecule has 2 aromatic carbocycles. The van der Waals surface area contributed by atoms with Gasteiger partial charge in [-0.2, -0.15) is 0 Å². The lowest BCUT2D eigenvalue weighted by Crippen LogP contribution is -2.18. The maximum Gasteiger partial charge on any atom is 0.0554 e. The normalized spacial score (nSPS) is 12.3. The van der Waals surface area contributed by atoms with E-state index in [0.29, 0.717) is 12.6 Å². The van der Waals surface area contributed by atoms with Gasteiger partial charge in [-0.3, -0.25) is 0 Å². The number of fused-ring (bicyclic) bond motifs is 1. The number of nitrogens with one attached hydrogen (secondary N) is 1. The zero-order valence-electron chi connectivity index (χ0n) is 11.8. The van der Waals surface area contributed by atoms with Crippen LogP contribution in [0, 0.1) is 11.8 Å². The Morgan fingerprint density at radius 3 is 2.85 bits per heavy atom. The van der Waals surface area contributed by atoms with Crippen molar-refractivity contribution in [1.29, 1.82) is 0 Å². The fraction of sp³-hybridized carbons (Fsp3) is 0.222. The van der Waals surface area contributed by atoms with Gasteiger partial charge in [-0.1, -0.05) is 60.4 Å². The van der Waals surface area contributed by atoms with Gasteiger partial charge in [-0.25, -0.2) is 0 Å². The van der Waals surface area contributed by atoms with E-state index in [0.717, 1.165) is 6.54 Å². The van der Waals surface area contributed by atoms with Gasteiger partial charge in [0, 0.05) is 12.6 Å². The van der Waals surface area contributed by atoms with Crippen LogP contribution in [0.2, 0.25) is 0 Å². The zero-order chi connectivity index (χ0) is 14.2. The first-order valence-corrected chi connectivity index (χ1v) is 6.87. The highest BCUT2D eigenvalue weighted by atomic mass is 14.9. The molecule has 20 heavy (non-hydrogen) atoms. The van der Waals surface area contributed by atoms with Crippen molar-refractivity contribution in [2.45, 2.75) is 13.0 Å². The molecule has 0 aliphatic carbocycles. The largest absolute Gasteiger partial charge is 0.320 e. The molecule has 2 heteroatoms. The molecule has 2 aromatic rings. The van der Waals surface area contributed by atoms with Crippen molar-refractivity contribution in [2.75, 3.05) is 13.1 Å². The van der Waals surface area contributed by atoms with Crippen LogP contribution in [0.3, 0.4) is 0 Å². The molecular formula is C18H20N2. The van der Waals surface area contributed by atoms with Gasteiger partial charge in [0.05, 0.1) is 6.54 Å². The Balaban J connectivity index is 2.04. The van der Waals surface area contributed by atoms with Gasteiger partial charge < -0.3 is 11.1 Å². The first-order valence-electron chi connectivity index (χ1n) is 6.87. The van der Waals surface area contributed by atoms with E-state index in [1.807, 2.05) is 12.2 Å². The van der Waals surface area contributed by atoms with Gasteiger partial charge in [0.2, 0.25) is 0 Å². The van der Waals surface area contributed by atoms with E-state index in [2.05, 4.69) is 66.5 Å². The van der Waals surface area contributed by atoms with Crippen molar-refractivity contribution in [3.63, 3.8) is 0 Å². The minimum absolute atomic E-state index is 0.299. The number of nitrogens with two attached hydrogens (primary N) is 1. The lowest BCUT2D eigenvalue weighted by Gasteiger charge is -2.15. The zero-order valence-corrected chi connectivity index (χ0v) is 11.8. The van der Waals surface area contributed by atoms with Crippen molar-refractivity contribution in [3.8, 4) is 11.8 Å². The molecule has 0 heterocycles. The van der Waals surface area contributed by atoms with E-state index in [1.54, 1.807) is 0 Å². The van der Waals surface area contributed by atoms with Crippen molar-refractivity contribution < 1.29 is 0 Å². The number of hydrogen-bond acceptors (Lipinski definition) is 2. The summed E-state index contributed by atoms with van der Waals surface area (Å²) in [5, 5.41) is 6.07. The molecule has 2 rings (SSSR count). The summed E-state index contributed by atoms with van der Waals surface area (Å²) in [7, 11) is 0. The van der Waals surface area contributed by atoms with Crippen LogP contribution < -0.4 is 11.1 Å². The average Bonchev–Trinajstić information content (AvgIpc) is 2.50. The molecule has 0 aliphatic heterocycles. The van der Waals surface area contributed by atoms with E-state index in [9.17, 15) is 0 Å². The summed E-state index contributed by atoms with van der Waals surface area (Å²) in [4.78, 5) is 0. The van der Waals surface area contributed by atoms with Gasteiger partial charge in [0.1, 0.15) is 0 Å². The summed E-state index contributed by atoms with van der Waals surface area (Å²) < 4.78 is 0. The predicted octanol–water partition coefficient (Wildman–Crippen LogP) is 3.01. The monoisotopic (exact) mass is 264 g/mol. The van der Waals surface area contributed by atoms with Crippen LogP contribution in [-0.4, -0.2) is 13.1 Å². The molecule has 0 saturated carbocycles. The highest BCUT2D eigenvalue weighted by molar-refractivity contribution is 5.86. The molecule has 0 radical (unpaired) electrons. The van der Waals surface area contributed by atoms with Crippen LogP contribution in [0.15, 0.2) is 54.6 Å². The standard InChI is InChI=1S/C18H20N2/c1-15(20-14-7-3-2-6-13-19)17-12-8-10-16-9-4-5-11-18(16)17/h3-5,7-12,15,20H,13-14,19H2,1H3. The molecule has 0 amide bonds. The average molecular weight is 264 g/mol. The summed E-state index contributed by atoms with van der Waals surface area (Å²) in [6.07, 6.45) is 3.86. The molecule has 1 atom stereocenters. The third-order valence-electron chi connectivity index (χ3n) is 3.24. The summed E-state index contributed by atoms with van der Waals surface area (Å²) in [5.74, 6) is 5.69. The van der Waals surface area contributed by atoms with Gasteiger partial charge in [0.15, 0.2) is 0 Å². The van der Waals surface area contributed by atoms with E-state index < -0.39 is 0 Å². The maximum absolute atomic E-state index is 5.30. The van der Waals surface area contributed by atoms with Crippen molar-refractivity contribution in [2.24, 2.45) is 5.73 Å². The predicted molar refractivity (Wildman–Crippen MR) is 86.3 cm³/mol. The highest BCUT2D eigenvalue weighted by Crippen LogP contribution is 2.23. The molecule has 0 aromatic heterocycles. The van der Waals surface area contributed by atoms with Crippen LogP contribution in [0.4, 0.5) is 0 Å². The second-order valence-electron chi connectivity index (χ2n) is 4.63. The van der Waals surface area contributed by atoms with E-state index in [4.69, 9.17) is 5.73 Å². The molecule has 0 saturated heterocycles. The van der Waals surface area contributed by atoms with E-state index in [1.165, 1.54) is 16.3 Å². The van der Waals surface area contributed by atoms with Gasteiger partial charge in [-0.05, 0) is 29.3 Å². The molecule has 1 unspecified atom stereocenters. The third kappa shape index (κ3) is 3.71. The fourth-order valence-electron chi connectivity index (χ4n) is 2.22. The first-order chi connectivity index (χ1) is 9.83. The Bertz CT molecular complexity index is 642.